The van der Waals surface area contributed by atoms with Gasteiger partial charge in [0.2, 0.25) is 0 Å². The van der Waals surface area contributed by atoms with E-state index < -0.39 is 18.0 Å². The molecule has 0 saturated carbocycles. The zero-order chi connectivity index (χ0) is 20.4. The van der Waals surface area contributed by atoms with Gasteiger partial charge >= 0.3 is 6.09 Å². The summed E-state index contributed by atoms with van der Waals surface area (Å²) in [4.78, 5) is 30.1. The van der Waals surface area contributed by atoms with Gasteiger partial charge in [-0.05, 0) is 73.2 Å². The van der Waals surface area contributed by atoms with Crippen molar-refractivity contribution in [3.05, 3.63) is 40.0 Å². The van der Waals surface area contributed by atoms with Gasteiger partial charge in [-0.25, -0.2) is 14.6 Å². The minimum Gasteiger partial charge on any atom is -0.465 e. The van der Waals surface area contributed by atoms with Crippen LogP contribution in [-0.4, -0.2) is 51.8 Å². The first-order valence-corrected chi connectivity index (χ1v) is 10.7. The molecule has 154 valence electrons. The molecular formula is C20H23FN4O3S. The number of hydrazine groups is 1. The Morgan fingerprint density at radius 1 is 1.28 bits per heavy atom. The average Bonchev–Trinajstić information content (AvgIpc) is 3.10. The third-order valence-electron chi connectivity index (χ3n) is 5.39. The second-order valence-electron chi connectivity index (χ2n) is 7.34. The third-order valence-corrected chi connectivity index (χ3v) is 6.40. The molecule has 4 rings (SSSR count). The van der Waals surface area contributed by atoms with Gasteiger partial charge in [0.25, 0.3) is 5.91 Å². The molecule has 2 saturated heterocycles. The summed E-state index contributed by atoms with van der Waals surface area (Å²) in [6.07, 6.45) is 5.13. The van der Waals surface area contributed by atoms with E-state index in [1.807, 2.05) is 5.01 Å². The summed E-state index contributed by atoms with van der Waals surface area (Å²) in [6, 6.07) is 3.91. The highest BCUT2D eigenvalue weighted by atomic mass is 32.2. The molecule has 1 atom stereocenters. The van der Waals surface area contributed by atoms with Gasteiger partial charge in [-0.15, -0.1) is 0 Å². The van der Waals surface area contributed by atoms with Crippen molar-refractivity contribution in [2.75, 3.05) is 19.6 Å². The predicted molar refractivity (Wildman–Crippen MR) is 110 cm³/mol. The van der Waals surface area contributed by atoms with Gasteiger partial charge in [-0.1, -0.05) is 6.07 Å². The second kappa shape index (κ2) is 8.54. The Kier molecular flexibility index (Phi) is 5.86. The van der Waals surface area contributed by atoms with Gasteiger partial charge in [0.05, 0.1) is 10.9 Å². The van der Waals surface area contributed by atoms with Gasteiger partial charge in [-0.3, -0.25) is 9.80 Å². The summed E-state index contributed by atoms with van der Waals surface area (Å²) >= 11 is 1.29. The van der Waals surface area contributed by atoms with Crippen LogP contribution in [0, 0.1) is 5.82 Å². The number of aliphatic imine (C=N–C) groups is 1. The molecule has 0 aliphatic carbocycles. The fraction of sp³-hybridized carbons (Fsp3) is 0.450. The molecule has 1 unspecified atom stereocenters. The van der Waals surface area contributed by atoms with Crippen LogP contribution in [0.2, 0.25) is 0 Å². The Hall–Kier alpha value is -2.39. The summed E-state index contributed by atoms with van der Waals surface area (Å²) in [5.74, 6) is -0.746. The number of rotatable bonds is 2. The third kappa shape index (κ3) is 4.30. The first kappa shape index (κ1) is 19.9. The van der Waals surface area contributed by atoms with Crippen LogP contribution < -0.4 is 5.43 Å². The number of carbonyl (C=O) groups is 2. The lowest BCUT2D eigenvalue weighted by Crippen LogP contribution is -2.45. The molecule has 0 radical (unpaired) electrons. The van der Waals surface area contributed by atoms with Crippen molar-refractivity contribution in [1.29, 1.82) is 0 Å². The van der Waals surface area contributed by atoms with Crippen LogP contribution in [0.3, 0.4) is 0 Å². The van der Waals surface area contributed by atoms with Crippen molar-refractivity contribution >= 4 is 35.0 Å². The Bertz CT molecular complexity index is 882. The number of hydrogen-bond acceptors (Lipinski definition) is 5. The number of hydrogen-bond donors (Lipinski definition) is 2. The van der Waals surface area contributed by atoms with E-state index in [0.29, 0.717) is 34.2 Å². The van der Waals surface area contributed by atoms with Crippen molar-refractivity contribution in [1.82, 2.24) is 15.3 Å². The molecule has 3 heterocycles. The van der Waals surface area contributed by atoms with Gasteiger partial charge in [0.1, 0.15) is 5.82 Å². The number of piperidine rings is 1. The fourth-order valence-corrected chi connectivity index (χ4v) is 4.87. The molecule has 1 aromatic rings. The normalized spacial score (nSPS) is 24.2. The summed E-state index contributed by atoms with van der Waals surface area (Å²) in [7, 11) is 0. The lowest BCUT2D eigenvalue weighted by atomic mass is 9.91. The molecule has 2 N–H and O–H groups in total. The van der Waals surface area contributed by atoms with Gasteiger partial charge in [0, 0.05) is 19.6 Å². The topological polar surface area (TPSA) is 85.2 Å². The summed E-state index contributed by atoms with van der Waals surface area (Å²) in [5.41, 5.74) is 4.49. The monoisotopic (exact) mass is 418 g/mol. The second-order valence-corrected chi connectivity index (χ2v) is 8.35. The number of nitrogens with zero attached hydrogens (tertiary/aromatic N) is 3. The van der Waals surface area contributed by atoms with E-state index in [-0.39, 0.29) is 5.91 Å². The van der Waals surface area contributed by atoms with E-state index in [2.05, 4.69) is 10.4 Å². The van der Waals surface area contributed by atoms with Crippen LogP contribution in [-0.2, 0) is 4.79 Å². The molecule has 0 bridgehead atoms. The lowest BCUT2D eigenvalue weighted by Gasteiger charge is -2.34. The Morgan fingerprint density at radius 3 is 2.86 bits per heavy atom. The summed E-state index contributed by atoms with van der Waals surface area (Å²) in [6.45, 7) is 2.07. The maximum absolute atomic E-state index is 14.0. The molecule has 3 aliphatic heterocycles. The largest absolute Gasteiger partial charge is 0.465 e. The van der Waals surface area contributed by atoms with Crippen molar-refractivity contribution in [3.8, 4) is 0 Å². The minimum absolute atomic E-state index is 0.327. The number of carbonyl (C=O) groups excluding carboxylic acids is 1. The molecule has 1 aromatic carbocycles. The molecular weight excluding hydrogens is 395 g/mol. The Labute approximate surface area is 172 Å². The molecule has 9 heteroatoms. The number of benzene rings is 1. The molecule has 2 fully saturated rings. The first-order chi connectivity index (χ1) is 14.0. The van der Waals surface area contributed by atoms with Crippen molar-refractivity contribution in [2.45, 2.75) is 38.1 Å². The van der Waals surface area contributed by atoms with E-state index in [4.69, 9.17) is 0 Å². The van der Waals surface area contributed by atoms with Crippen LogP contribution in [0.5, 0.6) is 0 Å². The van der Waals surface area contributed by atoms with Gasteiger partial charge in [-0.2, -0.15) is 4.99 Å². The number of nitrogens with one attached hydrogen (secondary N) is 1. The highest BCUT2D eigenvalue weighted by molar-refractivity contribution is 8.18. The molecule has 0 spiro atoms. The molecule has 0 aromatic heterocycles. The van der Waals surface area contributed by atoms with E-state index in [0.717, 1.165) is 38.8 Å². The predicted octanol–water partition coefficient (Wildman–Crippen LogP) is 3.60. The highest BCUT2D eigenvalue weighted by Gasteiger charge is 2.31. The highest BCUT2D eigenvalue weighted by Crippen LogP contribution is 2.36. The maximum Gasteiger partial charge on any atom is 0.407 e. The average molecular weight is 418 g/mol. The smallest absolute Gasteiger partial charge is 0.407 e. The lowest BCUT2D eigenvalue weighted by molar-refractivity contribution is -0.113. The first-order valence-electron chi connectivity index (χ1n) is 9.85. The number of halogens is 1. The van der Waals surface area contributed by atoms with E-state index >= 15 is 0 Å². The fourth-order valence-electron chi connectivity index (χ4n) is 3.96. The van der Waals surface area contributed by atoms with Crippen LogP contribution in [0.15, 0.2) is 28.1 Å². The van der Waals surface area contributed by atoms with Crippen LogP contribution in [0.1, 0.15) is 49.3 Å². The maximum atomic E-state index is 14.0. The summed E-state index contributed by atoms with van der Waals surface area (Å²) in [5, 5.41) is 12.1. The number of amides is 2. The molecule has 2 amide bonds. The molecule has 3 aliphatic rings. The van der Waals surface area contributed by atoms with Crippen LogP contribution in [0.25, 0.3) is 6.08 Å². The quantitative estimate of drug-likeness (QED) is 0.714. The van der Waals surface area contributed by atoms with Crippen molar-refractivity contribution in [3.63, 3.8) is 0 Å². The van der Waals surface area contributed by atoms with Crippen LogP contribution >= 0.6 is 11.8 Å². The Morgan fingerprint density at radius 2 is 2.10 bits per heavy atom. The minimum atomic E-state index is -1.01. The van der Waals surface area contributed by atoms with E-state index in [1.54, 1.807) is 12.1 Å². The van der Waals surface area contributed by atoms with Crippen molar-refractivity contribution < 1.29 is 19.1 Å². The number of carboxylic acid groups (broad SMARTS) is 1. The number of likely N-dealkylation sites (tertiary alicyclic amines) is 1. The summed E-state index contributed by atoms with van der Waals surface area (Å²) < 4.78 is 14.0. The van der Waals surface area contributed by atoms with E-state index in [9.17, 15) is 19.1 Å². The zero-order valence-corrected chi connectivity index (χ0v) is 16.8. The number of thioether (sulfide) groups is 1. The standard InChI is InChI=1S/C20H23FN4O3S/c21-14-7-6-13(15(12-14)16-5-1-3-9-24(16)20(27)28)11-17-18(26)23-19(29-17)25-10-4-2-8-22-25/h6-7,11-12,16,22H,1-5,8-10H2,(H,27,28)/b17-11+. The van der Waals surface area contributed by atoms with Crippen molar-refractivity contribution in [2.24, 2.45) is 4.99 Å². The number of amidine groups is 1. The molecule has 29 heavy (non-hydrogen) atoms. The van der Waals surface area contributed by atoms with Crippen LogP contribution in [0.4, 0.5) is 9.18 Å². The SMILES string of the molecule is O=C1N=C(N2CCCCN2)S/C1=C/c1ccc(F)cc1C1CCCCN1C(=O)O. The van der Waals surface area contributed by atoms with E-state index in [1.165, 1.54) is 28.8 Å². The van der Waals surface area contributed by atoms with Gasteiger partial charge in [0.15, 0.2) is 5.17 Å². The Balaban J connectivity index is 1.62. The zero-order valence-electron chi connectivity index (χ0n) is 15.9. The van der Waals surface area contributed by atoms with Gasteiger partial charge < -0.3 is 10.0 Å². The molecule has 7 nitrogen and oxygen atoms in total.